The summed E-state index contributed by atoms with van der Waals surface area (Å²) in [6.45, 7) is -1.57. The van der Waals surface area contributed by atoms with Gasteiger partial charge in [-0.2, -0.15) is 13.2 Å². The third-order valence-electron chi connectivity index (χ3n) is 2.01. The Balaban J connectivity index is 2.71. The van der Waals surface area contributed by atoms with Crippen molar-refractivity contribution in [3.05, 3.63) is 23.8 Å². The molecule has 1 aromatic rings. The van der Waals surface area contributed by atoms with Crippen LogP contribution in [0.3, 0.4) is 0 Å². The van der Waals surface area contributed by atoms with Crippen LogP contribution in [-0.4, -0.2) is 32.9 Å². The van der Waals surface area contributed by atoms with Crippen molar-refractivity contribution in [1.29, 1.82) is 0 Å². The maximum absolute atomic E-state index is 11.8. The van der Waals surface area contributed by atoms with Crippen LogP contribution in [0.5, 0.6) is 11.5 Å². The average molecular weight is 279 g/mol. The van der Waals surface area contributed by atoms with Gasteiger partial charge in [0.25, 0.3) is 5.91 Å². The molecule has 0 aliphatic carbocycles. The number of benzene rings is 1. The van der Waals surface area contributed by atoms with Crippen molar-refractivity contribution in [2.75, 3.05) is 20.8 Å². The van der Waals surface area contributed by atoms with Crippen molar-refractivity contribution in [2.24, 2.45) is 0 Å². The van der Waals surface area contributed by atoms with E-state index in [1.165, 1.54) is 32.4 Å². The lowest BCUT2D eigenvalue weighted by Crippen LogP contribution is -2.29. The summed E-state index contributed by atoms with van der Waals surface area (Å²) in [7, 11) is 2.77. The van der Waals surface area contributed by atoms with Gasteiger partial charge in [-0.25, -0.2) is 5.48 Å². The summed E-state index contributed by atoms with van der Waals surface area (Å²) in [5.41, 5.74) is 1.74. The number of methoxy groups -OCH3 is 2. The molecule has 5 nitrogen and oxygen atoms in total. The summed E-state index contributed by atoms with van der Waals surface area (Å²) in [4.78, 5) is 15.6. The second kappa shape index (κ2) is 6.28. The molecule has 8 heteroatoms. The first-order valence-electron chi connectivity index (χ1n) is 5.07. The topological polar surface area (TPSA) is 56.8 Å². The van der Waals surface area contributed by atoms with Gasteiger partial charge in [0.05, 0.1) is 14.2 Å². The fraction of sp³-hybridized carbons (Fsp3) is 0.364. The van der Waals surface area contributed by atoms with Crippen LogP contribution in [0.15, 0.2) is 18.2 Å². The molecular weight excluding hydrogens is 267 g/mol. The summed E-state index contributed by atoms with van der Waals surface area (Å²) in [6, 6.07) is 4.21. The van der Waals surface area contributed by atoms with Gasteiger partial charge in [0.1, 0.15) is 11.5 Å². The summed E-state index contributed by atoms with van der Waals surface area (Å²) in [5, 5.41) is 0. The van der Waals surface area contributed by atoms with E-state index in [1.807, 2.05) is 0 Å². The minimum atomic E-state index is -4.51. The molecule has 0 aliphatic heterocycles. The fourth-order valence-corrected chi connectivity index (χ4v) is 1.18. The maximum atomic E-state index is 11.8. The van der Waals surface area contributed by atoms with Crippen molar-refractivity contribution in [2.45, 2.75) is 6.18 Å². The quantitative estimate of drug-likeness (QED) is 0.837. The molecule has 0 bridgehead atoms. The summed E-state index contributed by atoms with van der Waals surface area (Å²) in [5.74, 6) is -0.165. The molecule has 1 N–H and O–H groups in total. The van der Waals surface area contributed by atoms with Crippen LogP contribution >= 0.6 is 0 Å². The monoisotopic (exact) mass is 279 g/mol. The molecule has 0 aromatic heterocycles. The van der Waals surface area contributed by atoms with Crippen molar-refractivity contribution in [1.82, 2.24) is 5.48 Å². The van der Waals surface area contributed by atoms with Crippen LogP contribution in [0.4, 0.5) is 13.2 Å². The Bertz CT molecular complexity index is 426. The lowest BCUT2D eigenvalue weighted by molar-refractivity contribution is -0.184. The largest absolute Gasteiger partial charge is 0.497 e. The van der Waals surface area contributed by atoms with Crippen LogP contribution in [0.2, 0.25) is 0 Å². The van der Waals surface area contributed by atoms with Gasteiger partial charge in [0.2, 0.25) is 0 Å². The van der Waals surface area contributed by atoms with E-state index in [1.54, 1.807) is 5.48 Å². The predicted octanol–water partition coefficient (Wildman–Crippen LogP) is 1.93. The molecule has 1 rings (SSSR count). The molecule has 1 amide bonds. The number of ether oxygens (including phenoxy) is 2. The highest BCUT2D eigenvalue weighted by atomic mass is 19.4. The molecule has 106 valence electrons. The van der Waals surface area contributed by atoms with E-state index in [9.17, 15) is 18.0 Å². The number of hydrogen-bond donors (Lipinski definition) is 1. The summed E-state index contributed by atoms with van der Waals surface area (Å²) >= 11 is 0. The highest BCUT2D eigenvalue weighted by Gasteiger charge is 2.28. The van der Waals surface area contributed by atoms with Crippen molar-refractivity contribution >= 4 is 5.91 Å². The number of nitrogens with one attached hydrogen (secondary N) is 1. The van der Waals surface area contributed by atoms with Gasteiger partial charge >= 0.3 is 6.18 Å². The number of amides is 1. The van der Waals surface area contributed by atoms with Crippen LogP contribution in [0.25, 0.3) is 0 Å². The second-order valence-electron chi connectivity index (χ2n) is 3.44. The van der Waals surface area contributed by atoms with E-state index in [4.69, 9.17) is 9.47 Å². The Morgan fingerprint density at radius 2 is 1.68 bits per heavy atom. The third kappa shape index (κ3) is 5.04. The zero-order chi connectivity index (χ0) is 14.5. The number of hydroxylamine groups is 1. The van der Waals surface area contributed by atoms with E-state index in [0.717, 1.165) is 0 Å². The standard InChI is InChI=1S/C11H12F3NO4/c1-17-8-3-7(4-9(5-8)18-2)10(16)15-19-6-11(12,13)14/h3-5H,6H2,1-2H3,(H,15,16). The molecule has 0 radical (unpaired) electrons. The van der Waals surface area contributed by atoms with Gasteiger partial charge in [-0.3, -0.25) is 9.63 Å². The van der Waals surface area contributed by atoms with Gasteiger partial charge in [0.15, 0.2) is 6.61 Å². The van der Waals surface area contributed by atoms with Crippen LogP contribution in [0.1, 0.15) is 10.4 Å². The van der Waals surface area contributed by atoms with Gasteiger partial charge in [-0.1, -0.05) is 0 Å². The molecule has 19 heavy (non-hydrogen) atoms. The van der Waals surface area contributed by atoms with Crippen LogP contribution < -0.4 is 15.0 Å². The minimum Gasteiger partial charge on any atom is -0.497 e. The van der Waals surface area contributed by atoms with Crippen LogP contribution in [-0.2, 0) is 4.84 Å². The predicted molar refractivity (Wildman–Crippen MR) is 59.0 cm³/mol. The smallest absolute Gasteiger partial charge is 0.414 e. The first kappa shape index (κ1) is 15.1. The molecule has 0 atom stereocenters. The first-order valence-corrected chi connectivity index (χ1v) is 5.07. The minimum absolute atomic E-state index is 0.0541. The molecule has 0 aliphatic rings. The zero-order valence-electron chi connectivity index (χ0n) is 10.2. The van der Waals surface area contributed by atoms with E-state index in [-0.39, 0.29) is 5.56 Å². The Hall–Kier alpha value is -1.96. The van der Waals surface area contributed by atoms with Crippen molar-refractivity contribution < 1.29 is 32.3 Å². The molecule has 0 saturated heterocycles. The van der Waals surface area contributed by atoms with E-state index in [0.29, 0.717) is 11.5 Å². The fourth-order valence-electron chi connectivity index (χ4n) is 1.18. The highest BCUT2D eigenvalue weighted by molar-refractivity contribution is 5.94. The maximum Gasteiger partial charge on any atom is 0.414 e. The van der Waals surface area contributed by atoms with E-state index < -0.39 is 18.7 Å². The summed E-state index contributed by atoms with van der Waals surface area (Å²) in [6.07, 6.45) is -4.51. The Morgan fingerprint density at radius 3 is 2.11 bits per heavy atom. The lowest BCUT2D eigenvalue weighted by Gasteiger charge is -2.10. The number of hydrogen-bond acceptors (Lipinski definition) is 4. The van der Waals surface area contributed by atoms with Crippen molar-refractivity contribution in [3.63, 3.8) is 0 Å². The Kier molecular flexibility index (Phi) is 4.99. The van der Waals surface area contributed by atoms with E-state index in [2.05, 4.69) is 4.84 Å². The number of alkyl halides is 3. The molecule has 0 heterocycles. The molecule has 0 fully saturated rings. The zero-order valence-corrected chi connectivity index (χ0v) is 10.2. The van der Waals surface area contributed by atoms with Gasteiger partial charge in [-0.15, -0.1) is 0 Å². The molecule has 0 spiro atoms. The average Bonchev–Trinajstić information content (AvgIpc) is 2.36. The number of carbonyl (C=O) groups excluding carboxylic acids is 1. The van der Waals surface area contributed by atoms with E-state index >= 15 is 0 Å². The van der Waals surface area contributed by atoms with Gasteiger partial charge in [-0.05, 0) is 12.1 Å². The highest BCUT2D eigenvalue weighted by Crippen LogP contribution is 2.22. The summed E-state index contributed by atoms with van der Waals surface area (Å²) < 4.78 is 45.3. The van der Waals surface area contributed by atoms with Crippen LogP contribution in [0, 0.1) is 0 Å². The number of carbonyl (C=O) groups is 1. The Morgan fingerprint density at radius 1 is 1.16 bits per heavy atom. The lowest BCUT2D eigenvalue weighted by atomic mass is 10.2. The molecule has 0 unspecified atom stereocenters. The SMILES string of the molecule is COc1cc(OC)cc(C(=O)NOCC(F)(F)F)c1. The Labute approximate surface area is 107 Å². The number of rotatable bonds is 5. The van der Waals surface area contributed by atoms with Gasteiger partial charge in [0, 0.05) is 11.6 Å². The second-order valence-corrected chi connectivity index (χ2v) is 3.44. The first-order chi connectivity index (χ1) is 8.85. The van der Waals surface area contributed by atoms with Gasteiger partial charge < -0.3 is 9.47 Å². The number of halogens is 3. The molecule has 0 saturated carbocycles. The molecular formula is C11H12F3NO4. The third-order valence-corrected chi connectivity index (χ3v) is 2.01. The molecule has 1 aromatic carbocycles. The van der Waals surface area contributed by atoms with Crippen molar-refractivity contribution in [3.8, 4) is 11.5 Å². The normalized spacial score (nSPS) is 11.0.